The second-order valence-electron chi connectivity index (χ2n) is 6.17. The van der Waals surface area contributed by atoms with Crippen LogP contribution in [0.3, 0.4) is 0 Å². The minimum atomic E-state index is 0.607. The summed E-state index contributed by atoms with van der Waals surface area (Å²) in [5.74, 6) is 2.26. The molecule has 0 bridgehead atoms. The topological polar surface area (TPSA) is 56.7 Å². The average Bonchev–Trinajstić information content (AvgIpc) is 2.76. The van der Waals surface area contributed by atoms with E-state index < -0.39 is 0 Å². The summed E-state index contributed by atoms with van der Waals surface area (Å²) in [7, 11) is 0. The van der Waals surface area contributed by atoms with Crippen molar-refractivity contribution in [1.82, 2.24) is 14.5 Å². The number of hydrogen-bond donors (Lipinski definition) is 1. The van der Waals surface area contributed by atoms with E-state index >= 15 is 0 Å². The minimum Gasteiger partial charge on any atom is -0.369 e. The Morgan fingerprint density at radius 3 is 2.55 bits per heavy atom. The number of imidazole rings is 1. The van der Waals surface area contributed by atoms with Gasteiger partial charge in [0.25, 0.3) is 0 Å². The summed E-state index contributed by atoms with van der Waals surface area (Å²) in [5, 5.41) is 0. The highest BCUT2D eigenvalue weighted by Crippen LogP contribution is 2.32. The maximum absolute atomic E-state index is 6.09. The fraction of sp³-hybridized carbons (Fsp3) is 0.625. The van der Waals surface area contributed by atoms with Crippen LogP contribution in [0.15, 0.2) is 12.1 Å². The second kappa shape index (κ2) is 5.43. The molecular formula is C16H24N4. The number of aryl methyl sites for hydroxylation is 1. The zero-order valence-electron chi connectivity index (χ0n) is 12.5. The van der Waals surface area contributed by atoms with E-state index in [4.69, 9.17) is 5.73 Å². The van der Waals surface area contributed by atoms with Crippen LogP contribution in [0.25, 0.3) is 11.2 Å². The standard InChI is InChI=1S/C16H24N4/c1-3-12-5-7-13(8-6-12)10-20-15-14(19-16(20)17)9-4-11(2)18-15/h4,9,12-13H,3,5-8,10H2,1-2H3,(H2,17,19). The summed E-state index contributed by atoms with van der Waals surface area (Å²) in [6, 6.07) is 4.00. The molecular weight excluding hydrogens is 248 g/mol. The SMILES string of the molecule is CCC1CCC(Cn2c(N)nc3ccc(C)nc32)CC1. The largest absolute Gasteiger partial charge is 0.369 e. The number of rotatable bonds is 3. The van der Waals surface area contributed by atoms with Gasteiger partial charge in [-0.25, -0.2) is 9.97 Å². The van der Waals surface area contributed by atoms with Crippen molar-refractivity contribution in [1.29, 1.82) is 0 Å². The fourth-order valence-electron chi connectivity index (χ4n) is 3.37. The van der Waals surface area contributed by atoms with Crippen LogP contribution in [0.2, 0.25) is 0 Å². The summed E-state index contributed by atoms with van der Waals surface area (Å²) in [6.07, 6.45) is 6.66. The first-order valence-corrected chi connectivity index (χ1v) is 7.76. The molecule has 0 amide bonds. The molecule has 1 aliphatic carbocycles. The molecule has 0 unspecified atom stereocenters. The van der Waals surface area contributed by atoms with Gasteiger partial charge in [-0.3, -0.25) is 4.57 Å². The van der Waals surface area contributed by atoms with Gasteiger partial charge < -0.3 is 5.73 Å². The highest BCUT2D eigenvalue weighted by molar-refractivity contribution is 5.74. The predicted octanol–water partition coefficient (Wildman–Crippen LogP) is 3.54. The summed E-state index contributed by atoms with van der Waals surface area (Å²) in [6.45, 7) is 5.29. The Morgan fingerprint density at radius 2 is 1.85 bits per heavy atom. The Balaban J connectivity index is 1.80. The summed E-state index contributed by atoms with van der Waals surface area (Å²) in [4.78, 5) is 9.04. The van der Waals surface area contributed by atoms with Gasteiger partial charge in [0.15, 0.2) is 5.65 Å². The molecule has 0 spiro atoms. The highest BCUT2D eigenvalue weighted by atomic mass is 15.2. The maximum atomic E-state index is 6.09. The molecule has 2 aromatic rings. The van der Waals surface area contributed by atoms with Gasteiger partial charge in [-0.15, -0.1) is 0 Å². The number of fused-ring (bicyclic) bond motifs is 1. The van der Waals surface area contributed by atoms with E-state index in [9.17, 15) is 0 Å². The van der Waals surface area contributed by atoms with E-state index in [2.05, 4.69) is 21.5 Å². The van der Waals surface area contributed by atoms with E-state index in [0.29, 0.717) is 5.95 Å². The predicted molar refractivity (Wildman–Crippen MR) is 82.4 cm³/mol. The summed E-state index contributed by atoms with van der Waals surface area (Å²) in [5.41, 5.74) is 8.96. The number of nitrogens with zero attached hydrogens (tertiary/aromatic N) is 3. The first-order chi connectivity index (χ1) is 9.67. The first-order valence-electron chi connectivity index (χ1n) is 7.76. The molecule has 3 rings (SSSR count). The molecule has 2 N–H and O–H groups in total. The van der Waals surface area contributed by atoms with Crippen molar-refractivity contribution < 1.29 is 0 Å². The summed E-state index contributed by atoms with van der Waals surface area (Å²) >= 11 is 0. The molecule has 2 heterocycles. The lowest BCUT2D eigenvalue weighted by Gasteiger charge is -2.28. The van der Waals surface area contributed by atoms with Crippen LogP contribution < -0.4 is 5.73 Å². The lowest BCUT2D eigenvalue weighted by molar-refractivity contribution is 0.250. The molecule has 108 valence electrons. The van der Waals surface area contributed by atoms with Crippen molar-refractivity contribution in [2.45, 2.75) is 52.5 Å². The molecule has 4 nitrogen and oxygen atoms in total. The fourth-order valence-corrected chi connectivity index (χ4v) is 3.37. The molecule has 4 heteroatoms. The van der Waals surface area contributed by atoms with E-state index in [1.54, 1.807) is 0 Å². The smallest absolute Gasteiger partial charge is 0.202 e. The third kappa shape index (κ3) is 2.51. The molecule has 1 saturated carbocycles. The Hall–Kier alpha value is -1.58. The minimum absolute atomic E-state index is 0.607. The molecule has 0 aromatic carbocycles. The number of aromatic nitrogens is 3. The Kier molecular flexibility index (Phi) is 3.64. The van der Waals surface area contributed by atoms with Gasteiger partial charge in [0.1, 0.15) is 5.52 Å². The van der Waals surface area contributed by atoms with Gasteiger partial charge in [0.2, 0.25) is 5.95 Å². The van der Waals surface area contributed by atoms with Gasteiger partial charge in [-0.2, -0.15) is 0 Å². The number of hydrogen-bond acceptors (Lipinski definition) is 3. The molecule has 0 radical (unpaired) electrons. The van der Waals surface area contributed by atoms with E-state index in [0.717, 1.165) is 35.2 Å². The van der Waals surface area contributed by atoms with Gasteiger partial charge in [0, 0.05) is 12.2 Å². The monoisotopic (exact) mass is 272 g/mol. The van der Waals surface area contributed by atoms with Crippen molar-refractivity contribution >= 4 is 17.1 Å². The number of nitrogens with two attached hydrogens (primary N) is 1. The molecule has 20 heavy (non-hydrogen) atoms. The third-order valence-corrected chi connectivity index (χ3v) is 4.75. The molecule has 1 aliphatic rings. The van der Waals surface area contributed by atoms with Crippen molar-refractivity contribution in [3.63, 3.8) is 0 Å². The highest BCUT2D eigenvalue weighted by Gasteiger charge is 2.22. The van der Waals surface area contributed by atoms with Gasteiger partial charge in [0.05, 0.1) is 0 Å². The number of pyridine rings is 1. The lowest BCUT2D eigenvalue weighted by Crippen LogP contribution is -2.19. The van der Waals surface area contributed by atoms with Gasteiger partial charge in [-0.05, 0) is 43.7 Å². The van der Waals surface area contributed by atoms with Crippen LogP contribution in [-0.4, -0.2) is 14.5 Å². The number of anilines is 1. The maximum Gasteiger partial charge on any atom is 0.202 e. The van der Waals surface area contributed by atoms with Crippen LogP contribution >= 0.6 is 0 Å². The van der Waals surface area contributed by atoms with Crippen LogP contribution in [0.5, 0.6) is 0 Å². The van der Waals surface area contributed by atoms with Crippen LogP contribution in [0.4, 0.5) is 5.95 Å². The van der Waals surface area contributed by atoms with E-state index in [-0.39, 0.29) is 0 Å². The van der Waals surface area contributed by atoms with E-state index in [1.807, 2.05) is 19.1 Å². The summed E-state index contributed by atoms with van der Waals surface area (Å²) < 4.78 is 2.11. The van der Waals surface area contributed by atoms with Gasteiger partial charge in [-0.1, -0.05) is 26.2 Å². The van der Waals surface area contributed by atoms with Crippen molar-refractivity contribution in [3.8, 4) is 0 Å². The normalized spacial score (nSPS) is 23.3. The third-order valence-electron chi connectivity index (χ3n) is 4.75. The van der Waals surface area contributed by atoms with Crippen LogP contribution in [0.1, 0.15) is 44.7 Å². The van der Waals surface area contributed by atoms with Crippen LogP contribution in [-0.2, 0) is 6.54 Å². The Morgan fingerprint density at radius 1 is 1.15 bits per heavy atom. The van der Waals surface area contributed by atoms with E-state index in [1.165, 1.54) is 32.1 Å². The molecule has 0 aliphatic heterocycles. The molecule has 0 saturated heterocycles. The lowest BCUT2D eigenvalue weighted by atomic mass is 9.81. The zero-order valence-corrected chi connectivity index (χ0v) is 12.5. The van der Waals surface area contributed by atoms with Crippen molar-refractivity contribution in [3.05, 3.63) is 17.8 Å². The van der Waals surface area contributed by atoms with Crippen LogP contribution in [0, 0.1) is 18.8 Å². The first kappa shape index (κ1) is 13.4. The molecule has 0 atom stereocenters. The van der Waals surface area contributed by atoms with Crippen molar-refractivity contribution in [2.75, 3.05) is 5.73 Å². The van der Waals surface area contributed by atoms with Crippen molar-refractivity contribution in [2.24, 2.45) is 11.8 Å². The Bertz CT molecular complexity index is 594. The Labute approximate surface area is 120 Å². The molecule has 1 fully saturated rings. The number of nitrogen functional groups attached to an aromatic ring is 1. The second-order valence-corrected chi connectivity index (χ2v) is 6.17. The quantitative estimate of drug-likeness (QED) is 0.929. The molecule has 2 aromatic heterocycles. The average molecular weight is 272 g/mol. The van der Waals surface area contributed by atoms with Gasteiger partial charge >= 0.3 is 0 Å². The zero-order chi connectivity index (χ0) is 14.1.